The monoisotopic (exact) mass is 325 g/mol. The average molecular weight is 325 g/mol. The van der Waals surface area contributed by atoms with E-state index in [-0.39, 0.29) is 11.8 Å². The minimum absolute atomic E-state index is 0.128. The van der Waals surface area contributed by atoms with Gasteiger partial charge in [0.05, 0.1) is 5.69 Å². The molecule has 6 nitrogen and oxygen atoms in total. The average Bonchev–Trinajstić information content (AvgIpc) is 2.70. The normalized spacial score (nSPS) is 15.8. The molecule has 0 saturated carbocycles. The largest absolute Gasteiger partial charge is 0.436 e. The molecule has 22 heavy (non-hydrogen) atoms. The first-order valence-electron chi connectivity index (χ1n) is 7.53. The van der Waals surface area contributed by atoms with E-state index in [0.29, 0.717) is 49.9 Å². The van der Waals surface area contributed by atoms with Crippen LogP contribution in [0.1, 0.15) is 35.0 Å². The molecule has 0 aliphatic carbocycles. The van der Waals surface area contributed by atoms with Gasteiger partial charge in [-0.3, -0.25) is 9.59 Å². The van der Waals surface area contributed by atoms with E-state index >= 15 is 0 Å². The van der Waals surface area contributed by atoms with Crippen LogP contribution < -0.4 is 0 Å². The van der Waals surface area contributed by atoms with Gasteiger partial charge in [-0.15, -0.1) is 0 Å². The van der Waals surface area contributed by atoms with Crippen molar-refractivity contribution in [2.45, 2.75) is 26.7 Å². The summed E-state index contributed by atoms with van der Waals surface area (Å²) in [5.74, 6) is 1.71. The molecule has 1 aliphatic rings. The molecule has 1 saturated heterocycles. The third-order valence-electron chi connectivity index (χ3n) is 3.75. The summed E-state index contributed by atoms with van der Waals surface area (Å²) in [6.07, 6.45) is 3.36. The zero-order valence-corrected chi connectivity index (χ0v) is 14.2. The van der Waals surface area contributed by atoms with E-state index in [4.69, 9.17) is 4.42 Å². The van der Waals surface area contributed by atoms with Crippen LogP contribution in [0.15, 0.2) is 4.42 Å². The summed E-state index contributed by atoms with van der Waals surface area (Å²) in [6.45, 7) is 6.00. The summed E-state index contributed by atoms with van der Waals surface area (Å²) < 4.78 is 5.41. The summed E-state index contributed by atoms with van der Waals surface area (Å²) in [7, 11) is 0. The van der Waals surface area contributed by atoms with Gasteiger partial charge in [0.25, 0.3) is 5.91 Å². The maximum Gasteiger partial charge on any atom is 0.291 e. The highest BCUT2D eigenvalue weighted by Crippen LogP contribution is 2.15. The van der Waals surface area contributed by atoms with Crippen LogP contribution in [0.5, 0.6) is 0 Å². The van der Waals surface area contributed by atoms with Crippen LogP contribution in [0, 0.1) is 13.8 Å². The molecule has 2 rings (SSSR count). The van der Waals surface area contributed by atoms with Crippen molar-refractivity contribution < 1.29 is 14.0 Å². The van der Waals surface area contributed by atoms with Crippen molar-refractivity contribution in [3.63, 3.8) is 0 Å². The van der Waals surface area contributed by atoms with Crippen LogP contribution >= 0.6 is 11.8 Å². The van der Waals surface area contributed by atoms with Crippen LogP contribution in [0.3, 0.4) is 0 Å². The Morgan fingerprint density at radius 2 is 1.86 bits per heavy atom. The minimum atomic E-state index is -0.128. The second-order valence-corrected chi connectivity index (χ2v) is 6.40. The summed E-state index contributed by atoms with van der Waals surface area (Å²) in [5, 5.41) is 0. The number of carbonyl (C=O) groups excluding carboxylic acids is 2. The van der Waals surface area contributed by atoms with Crippen molar-refractivity contribution in [1.29, 1.82) is 0 Å². The first kappa shape index (κ1) is 16.9. The van der Waals surface area contributed by atoms with Crippen molar-refractivity contribution in [2.24, 2.45) is 0 Å². The summed E-state index contributed by atoms with van der Waals surface area (Å²) in [5.41, 5.74) is 0.625. The number of nitrogens with zero attached hydrogens (tertiary/aromatic N) is 3. The molecule has 122 valence electrons. The molecule has 0 N–H and O–H groups in total. The number of hydrogen-bond acceptors (Lipinski definition) is 5. The zero-order chi connectivity index (χ0) is 16.1. The first-order chi connectivity index (χ1) is 10.5. The Morgan fingerprint density at radius 1 is 1.18 bits per heavy atom. The maximum atomic E-state index is 12.5. The number of amides is 2. The van der Waals surface area contributed by atoms with Crippen LogP contribution in [0.2, 0.25) is 0 Å². The SMILES string of the molecule is CSCCC(=O)N1CCCN(C(=O)c2oc(C)nc2C)CC1. The summed E-state index contributed by atoms with van der Waals surface area (Å²) in [4.78, 5) is 32.4. The standard InChI is InChI=1S/C15H23N3O3S/c1-11-14(21-12(2)16-11)15(20)18-7-4-6-17(8-9-18)13(19)5-10-22-3/h4-10H2,1-3H3. The Morgan fingerprint density at radius 3 is 2.50 bits per heavy atom. The lowest BCUT2D eigenvalue weighted by Gasteiger charge is -2.21. The van der Waals surface area contributed by atoms with Gasteiger partial charge >= 0.3 is 0 Å². The molecule has 0 spiro atoms. The topological polar surface area (TPSA) is 66.7 Å². The lowest BCUT2D eigenvalue weighted by molar-refractivity contribution is -0.130. The Kier molecular flexibility index (Phi) is 5.88. The zero-order valence-electron chi connectivity index (χ0n) is 13.4. The molecule has 0 aromatic carbocycles. The van der Waals surface area contributed by atoms with E-state index in [9.17, 15) is 9.59 Å². The maximum absolute atomic E-state index is 12.5. The second kappa shape index (κ2) is 7.67. The molecule has 0 atom stereocenters. The number of aryl methyl sites for hydroxylation is 2. The number of rotatable bonds is 4. The highest BCUT2D eigenvalue weighted by Gasteiger charge is 2.26. The lowest BCUT2D eigenvalue weighted by atomic mass is 10.3. The van der Waals surface area contributed by atoms with Gasteiger partial charge in [0.1, 0.15) is 0 Å². The molecule has 1 fully saturated rings. The van der Waals surface area contributed by atoms with Gasteiger partial charge in [-0.05, 0) is 19.6 Å². The summed E-state index contributed by atoms with van der Waals surface area (Å²) in [6, 6.07) is 0. The van der Waals surface area contributed by atoms with Crippen LogP contribution in [-0.2, 0) is 4.79 Å². The quantitative estimate of drug-likeness (QED) is 0.843. The van der Waals surface area contributed by atoms with E-state index in [1.165, 1.54) is 0 Å². The van der Waals surface area contributed by atoms with Crippen molar-refractivity contribution in [3.8, 4) is 0 Å². The van der Waals surface area contributed by atoms with Crippen molar-refractivity contribution in [1.82, 2.24) is 14.8 Å². The van der Waals surface area contributed by atoms with Crippen molar-refractivity contribution >= 4 is 23.6 Å². The van der Waals surface area contributed by atoms with Crippen LogP contribution in [0.25, 0.3) is 0 Å². The fourth-order valence-electron chi connectivity index (χ4n) is 2.59. The molecule has 1 aliphatic heterocycles. The number of hydrogen-bond donors (Lipinski definition) is 0. The van der Waals surface area contributed by atoms with E-state index in [1.807, 2.05) is 11.2 Å². The third-order valence-corrected chi connectivity index (χ3v) is 4.37. The Labute approximate surface area is 135 Å². The van der Waals surface area contributed by atoms with Gasteiger partial charge in [0.2, 0.25) is 11.7 Å². The van der Waals surface area contributed by atoms with Gasteiger partial charge in [0, 0.05) is 45.3 Å². The molecule has 0 unspecified atom stereocenters. The highest BCUT2D eigenvalue weighted by molar-refractivity contribution is 7.98. The van der Waals surface area contributed by atoms with Gasteiger partial charge in [-0.2, -0.15) is 11.8 Å². The van der Waals surface area contributed by atoms with Crippen molar-refractivity contribution in [3.05, 3.63) is 17.3 Å². The number of carbonyl (C=O) groups is 2. The van der Waals surface area contributed by atoms with E-state index in [0.717, 1.165) is 12.2 Å². The fourth-order valence-corrected chi connectivity index (χ4v) is 2.97. The van der Waals surface area contributed by atoms with Crippen LogP contribution in [0.4, 0.5) is 0 Å². The first-order valence-corrected chi connectivity index (χ1v) is 8.92. The molecule has 0 bridgehead atoms. The molecule has 1 aromatic heterocycles. The Balaban J connectivity index is 1.96. The van der Waals surface area contributed by atoms with Gasteiger partial charge in [-0.25, -0.2) is 4.98 Å². The van der Waals surface area contributed by atoms with E-state index in [2.05, 4.69) is 4.98 Å². The molecule has 0 radical (unpaired) electrons. The van der Waals surface area contributed by atoms with Crippen LogP contribution in [-0.4, -0.2) is 64.8 Å². The predicted molar refractivity (Wildman–Crippen MR) is 86.1 cm³/mol. The Bertz CT molecular complexity index is 544. The van der Waals surface area contributed by atoms with Gasteiger partial charge < -0.3 is 14.2 Å². The van der Waals surface area contributed by atoms with Gasteiger partial charge in [-0.1, -0.05) is 0 Å². The lowest BCUT2D eigenvalue weighted by Crippen LogP contribution is -2.37. The molecule has 7 heteroatoms. The fraction of sp³-hybridized carbons (Fsp3) is 0.667. The number of aromatic nitrogens is 1. The molecule has 1 aromatic rings. The summed E-state index contributed by atoms with van der Waals surface area (Å²) >= 11 is 1.67. The third kappa shape index (κ3) is 4.03. The molecule has 2 amide bonds. The molecule has 2 heterocycles. The number of oxazole rings is 1. The molecular formula is C15H23N3O3S. The second-order valence-electron chi connectivity index (χ2n) is 5.42. The van der Waals surface area contributed by atoms with E-state index < -0.39 is 0 Å². The highest BCUT2D eigenvalue weighted by atomic mass is 32.2. The number of thioether (sulfide) groups is 1. The van der Waals surface area contributed by atoms with Crippen molar-refractivity contribution in [2.75, 3.05) is 38.2 Å². The van der Waals surface area contributed by atoms with Gasteiger partial charge in [0.15, 0.2) is 5.89 Å². The minimum Gasteiger partial charge on any atom is -0.436 e. The Hall–Kier alpha value is -1.50. The smallest absolute Gasteiger partial charge is 0.291 e. The molecular weight excluding hydrogens is 302 g/mol. The predicted octanol–water partition coefficient (Wildman–Crippen LogP) is 1.72. The van der Waals surface area contributed by atoms with E-state index in [1.54, 1.807) is 30.5 Å².